The first-order chi connectivity index (χ1) is 10.2. The van der Waals surface area contributed by atoms with Crippen molar-refractivity contribution in [3.63, 3.8) is 0 Å². The van der Waals surface area contributed by atoms with Gasteiger partial charge in [-0.15, -0.1) is 0 Å². The molecule has 1 aromatic carbocycles. The first-order valence-electron chi connectivity index (χ1n) is 7.32. The van der Waals surface area contributed by atoms with Crippen LogP contribution in [0.3, 0.4) is 0 Å². The largest absolute Gasteiger partial charge is 0.384 e. The summed E-state index contributed by atoms with van der Waals surface area (Å²) >= 11 is 0. The molecule has 2 aromatic rings. The molecule has 1 amide bonds. The number of carbonyl (C=O) groups excluding carboxylic acids is 1. The van der Waals surface area contributed by atoms with E-state index in [9.17, 15) is 4.79 Å². The molecule has 0 saturated heterocycles. The van der Waals surface area contributed by atoms with Crippen LogP contribution in [0.25, 0.3) is 0 Å². The van der Waals surface area contributed by atoms with E-state index in [-0.39, 0.29) is 17.9 Å². The average Bonchev–Trinajstić information content (AvgIpc) is 3.09. The molecule has 0 saturated carbocycles. The first kappa shape index (κ1) is 13.7. The molecule has 0 radical (unpaired) electrons. The number of aromatic nitrogens is 2. The van der Waals surface area contributed by atoms with Gasteiger partial charge in [-0.05, 0) is 24.6 Å². The minimum atomic E-state index is 0.0713. The number of rotatable bonds is 5. The van der Waals surface area contributed by atoms with Crippen LogP contribution in [-0.4, -0.2) is 28.3 Å². The Morgan fingerprint density at radius 2 is 2.33 bits per heavy atom. The molecule has 0 spiro atoms. The Morgan fingerprint density at radius 3 is 3.14 bits per heavy atom. The van der Waals surface area contributed by atoms with E-state index in [4.69, 9.17) is 0 Å². The second-order valence-corrected chi connectivity index (χ2v) is 5.57. The normalized spacial score (nSPS) is 17.9. The standard InChI is InChI=1S/C16H20N4O/c1-12(11-20-8-4-7-18-20)19-16(21)9-13-10-17-15-6-3-2-5-14(13)15/h2-8,12-13,17H,9-11H2,1H3,(H,19,21). The zero-order chi connectivity index (χ0) is 14.7. The van der Waals surface area contributed by atoms with E-state index in [0.717, 1.165) is 12.2 Å². The number of hydrogen-bond acceptors (Lipinski definition) is 3. The molecule has 2 heterocycles. The Hall–Kier alpha value is -2.30. The van der Waals surface area contributed by atoms with E-state index in [0.29, 0.717) is 13.0 Å². The number of anilines is 1. The second-order valence-electron chi connectivity index (χ2n) is 5.57. The lowest BCUT2D eigenvalue weighted by molar-refractivity contribution is -0.122. The third-order valence-corrected chi connectivity index (χ3v) is 3.80. The van der Waals surface area contributed by atoms with Crippen LogP contribution in [-0.2, 0) is 11.3 Å². The van der Waals surface area contributed by atoms with Crippen molar-refractivity contribution in [3.8, 4) is 0 Å². The highest BCUT2D eigenvalue weighted by atomic mass is 16.1. The quantitative estimate of drug-likeness (QED) is 0.882. The minimum absolute atomic E-state index is 0.0713. The lowest BCUT2D eigenvalue weighted by atomic mass is 9.97. The van der Waals surface area contributed by atoms with Crippen LogP contribution in [0.15, 0.2) is 42.7 Å². The number of benzene rings is 1. The molecule has 2 unspecified atom stereocenters. The molecule has 1 aliphatic rings. The van der Waals surface area contributed by atoms with E-state index < -0.39 is 0 Å². The Labute approximate surface area is 124 Å². The fourth-order valence-electron chi connectivity index (χ4n) is 2.83. The summed E-state index contributed by atoms with van der Waals surface area (Å²) in [6, 6.07) is 10.2. The molecule has 2 atom stereocenters. The summed E-state index contributed by atoms with van der Waals surface area (Å²) in [6.07, 6.45) is 4.17. The summed E-state index contributed by atoms with van der Waals surface area (Å²) in [4.78, 5) is 12.2. The van der Waals surface area contributed by atoms with Crippen molar-refractivity contribution in [1.82, 2.24) is 15.1 Å². The second kappa shape index (κ2) is 5.99. The zero-order valence-electron chi connectivity index (χ0n) is 12.1. The van der Waals surface area contributed by atoms with Crippen molar-refractivity contribution < 1.29 is 4.79 Å². The molecule has 21 heavy (non-hydrogen) atoms. The van der Waals surface area contributed by atoms with Gasteiger partial charge in [0, 0.05) is 43.0 Å². The van der Waals surface area contributed by atoms with Gasteiger partial charge in [0.2, 0.25) is 5.91 Å². The summed E-state index contributed by atoms with van der Waals surface area (Å²) in [5, 5.41) is 10.6. The van der Waals surface area contributed by atoms with Gasteiger partial charge in [-0.2, -0.15) is 5.10 Å². The number of carbonyl (C=O) groups is 1. The molecule has 110 valence electrons. The van der Waals surface area contributed by atoms with Crippen molar-refractivity contribution >= 4 is 11.6 Å². The molecule has 1 aliphatic heterocycles. The van der Waals surface area contributed by atoms with E-state index in [1.54, 1.807) is 6.20 Å². The maximum atomic E-state index is 12.2. The van der Waals surface area contributed by atoms with Crippen LogP contribution in [0.2, 0.25) is 0 Å². The van der Waals surface area contributed by atoms with Gasteiger partial charge in [0.05, 0.1) is 6.54 Å². The summed E-state index contributed by atoms with van der Waals surface area (Å²) in [6.45, 7) is 3.53. The van der Waals surface area contributed by atoms with Crippen molar-refractivity contribution in [2.75, 3.05) is 11.9 Å². The Morgan fingerprint density at radius 1 is 1.48 bits per heavy atom. The zero-order valence-corrected chi connectivity index (χ0v) is 12.1. The maximum absolute atomic E-state index is 12.2. The Bertz CT molecular complexity index is 608. The van der Waals surface area contributed by atoms with Crippen LogP contribution < -0.4 is 10.6 Å². The summed E-state index contributed by atoms with van der Waals surface area (Å²) in [5.41, 5.74) is 2.40. The lowest BCUT2D eigenvalue weighted by Gasteiger charge is -2.16. The predicted octanol–water partition coefficient (Wildman–Crippen LogP) is 1.99. The lowest BCUT2D eigenvalue weighted by Crippen LogP contribution is -2.36. The Kier molecular flexibility index (Phi) is 3.90. The van der Waals surface area contributed by atoms with Crippen molar-refractivity contribution in [2.24, 2.45) is 0 Å². The monoisotopic (exact) mass is 284 g/mol. The van der Waals surface area contributed by atoms with E-state index >= 15 is 0 Å². The smallest absolute Gasteiger partial charge is 0.220 e. The number of amides is 1. The highest BCUT2D eigenvalue weighted by molar-refractivity contribution is 5.78. The summed E-state index contributed by atoms with van der Waals surface area (Å²) in [5.74, 6) is 0.358. The van der Waals surface area contributed by atoms with Gasteiger partial charge in [-0.1, -0.05) is 18.2 Å². The fourth-order valence-corrected chi connectivity index (χ4v) is 2.83. The van der Waals surface area contributed by atoms with Gasteiger partial charge in [0.25, 0.3) is 0 Å². The predicted molar refractivity (Wildman–Crippen MR) is 82.1 cm³/mol. The van der Waals surface area contributed by atoms with E-state index in [1.165, 1.54) is 5.56 Å². The van der Waals surface area contributed by atoms with E-state index in [1.807, 2.05) is 36.0 Å². The number of nitrogens with one attached hydrogen (secondary N) is 2. The minimum Gasteiger partial charge on any atom is -0.384 e. The van der Waals surface area contributed by atoms with Crippen LogP contribution in [0, 0.1) is 0 Å². The first-order valence-corrected chi connectivity index (χ1v) is 7.32. The number of fused-ring (bicyclic) bond motifs is 1. The fraction of sp³-hybridized carbons (Fsp3) is 0.375. The molecule has 0 fully saturated rings. The number of para-hydroxylation sites is 1. The van der Waals surface area contributed by atoms with Crippen LogP contribution in [0.1, 0.15) is 24.8 Å². The average molecular weight is 284 g/mol. The highest BCUT2D eigenvalue weighted by Gasteiger charge is 2.24. The maximum Gasteiger partial charge on any atom is 0.220 e. The molecular weight excluding hydrogens is 264 g/mol. The summed E-state index contributed by atoms with van der Waals surface area (Å²) in [7, 11) is 0. The highest BCUT2D eigenvalue weighted by Crippen LogP contribution is 2.32. The summed E-state index contributed by atoms with van der Waals surface area (Å²) < 4.78 is 1.83. The van der Waals surface area contributed by atoms with Crippen LogP contribution >= 0.6 is 0 Å². The molecular formula is C16H20N4O. The molecule has 3 rings (SSSR count). The van der Waals surface area contributed by atoms with Crippen LogP contribution in [0.5, 0.6) is 0 Å². The third-order valence-electron chi connectivity index (χ3n) is 3.80. The SMILES string of the molecule is CC(Cn1cccn1)NC(=O)CC1CNc2ccccc21. The molecule has 5 heteroatoms. The van der Waals surface area contributed by atoms with Gasteiger partial charge >= 0.3 is 0 Å². The molecule has 0 aliphatic carbocycles. The molecule has 2 N–H and O–H groups in total. The third kappa shape index (κ3) is 3.24. The molecule has 5 nitrogen and oxygen atoms in total. The van der Waals surface area contributed by atoms with Gasteiger partial charge in [-0.25, -0.2) is 0 Å². The van der Waals surface area contributed by atoms with Gasteiger partial charge in [0.15, 0.2) is 0 Å². The molecule has 0 bridgehead atoms. The van der Waals surface area contributed by atoms with Crippen molar-refractivity contribution in [2.45, 2.75) is 31.8 Å². The molecule has 1 aromatic heterocycles. The van der Waals surface area contributed by atoms with Gasteiger partial charge in [-0.3, -0.25) is 9.48 Å². The van der Waals surface area contributed by atoms with Gasteiger partial charge in [0.1, 0.15) is 0 Å². The van der Waals surface area contributed by atoms with Crippen LogP contribution in [0.4, 0.5) is 5.69 Å². The topological polar surface area (TPSA) is 59.0 Å². The number of hydrogen-bond donors (Lipinski definition) is 2. The van der Waals surface area contributed by atoms with Gasteiger partial charge < -0.3 is 10.6 Å². The van der Waals surface area contributed by atoms with Crippen molar-refractivity contribution in [3.05, 3.63) is 48.3 Å². The van der Waals surface area contributed by atoms with E-state index in [2.05, 4.69) is 27.9 Å². The van der Waals surface area contributed by atoms with Crippen molar-refractivity contribution in [1.29, 1.82) is 0 Å². The number of nitrogens with zero attached hydrogens (tertiary/aromatic N) is 2. The Balaban J connectivity index is 1.53.